The van der Waals surface area contributed by atoms with Crippen molar-refractivity contribution in [2.45, 2.75) is 37.9 Å². The molecule has 1 saturated carbocycles. The van der Waals surface area contributed by atoms with Gasteiger partial charge in [0.25, 0.3) is 0 Å². The molecule has 0 spiro atoms. The van der Waals surface area contributed by atoms with Gasteiger partial charge in [-0.05, 0) is 44.2 Å². The minimum absolute atomic E-state index is 0.664. The van der Waals surface area contributed by atoms with Crippen LogP contribution in [0, 0.1) is 5.92 Å². The van der Waals surface area contributed by atoms with Crippen LogP contribution in [0.25, 0.3) is 0 Å². The molecule has 1 nitrogen and oxygen atoms in total. The maximum atomic E-state index is 5.44. The van der Waals surface area contributed by atoms with E-state index in [1.807, 2.05) is 0 Å². The van der Waals surface area contributed by atoms with Crippen LogP contribution in [-0.4, -0.2) is 18.0 Å². The molecule has 58 valence electrons. The van der Waals surface area contributed by atoms with Crippen molar-refractivity contribution in [1.29, 1.82) is 0 Å². The molecule has 0 aromatic heterocycles. The van der Waals surface area contributed by atoms with Crippen LogP contribution in [0.2, 0.25) is 0 Å². The van der Waals surface area contributed by atoms with Crippen LogP contribution in [-0.2, 0) is 17.4 Å². The SMILES string of the molecule is [SH2+]CCC1CCC2OC2C1. The quantitative estimate of drug-likeness (QED) is 0.432. The maximum Gasteiger partial charge on any atom is 0.103 e. The first-order valence-corrected chi connectivity index (χ1v) is 4.91. The lowest BCUT2D eigenvalue weighted by Crippen LogP contribution is -2.13. The molecule has 0 radical (unpaired) electrons. The van der Waals surface area contributed by atoms with E-state index in [4.69, 9.17) is 4.74 Å². The molecule has 10 heavy (non-hydrogen) atoms. The first kappa shape index (κ1) is 6.99. The summed E-state index contributed by atoms with van der Waals surface area (Å²) < 4.78 is 5.44. The summed E-state index contributed by atoms with van der Waals surface area (Å²) in [5.74, 6) is 2.10. The lowest BCUT2D eigenvalue weighted by molar-refractivity contribution is 0.358. The van der Waals surface area contributed by atoms with Crippen LogP contribution in [0.3, 0.4) is 0 Å². The van der Waals surface area contributed by atoms with Crippen molar-refractivity contribution in [1.82, 2.24) is 0 Å². The minimum Gasteiger partial charge on any atom is -0.370 e. The van der Waals surface area contributed by atoms with Crippen molar-refractivity contribution < 1.29 is 4.74 Å². The Balaban J connectivity index is 1.77. The third-order valence-corrected chi connectivity index (χ3v) is 2.95. The third-order valence-electron chi connectivity index (χ3n) is 2.67. The molecule has 1 aliphatic carbocycles. The topological polar surface area (TPSA) is 12.5 Å². The first-order chi connectivity index (χ1) is 4.90. The Labute approximate surface area is 67.6 Å². The zero-order valence-electron chi connectivity index (χ0n) is 6.18. The van der Waals surface area contributed by atoms with Crippen molar-refractivity contribution in [2.75, 3.05) is 5.75 Å². The Kier molecular flexibility index (Phi) is 1.92. The smallest absolute Gasteiger partial charge is 0.103 e. The van der Waals surface area contributed by atoms with Crippen LogP contribution in [0.1, 0.15) is 25.7 Å². The lowest BCUT2D eigenvalue weighted by Gasteiger charge is -2.15. The van der Waals surface area contributed by atoms with Gasteiger partial charge in [-0.3, -0.25) is 0 Å². The normalized spacial score (nSPS) is 44.7. The van der Waals surface area contributed by atoms with Crippen LogP contribution in [0.15, 0.2) is 0 Å². The summed E-state index contributed by atoms with van der Waals surface area (Å²) in [5, 5.41) is 0. The predicted octanol–water partition coefficient (Wildman–Crippen LogP) is 0.956. The van der Waals surface area contributed by atoms with E-state index in [1.54, 1.807) is 0 Å². The molecule has 0 N–H and O–H groups in total. The molecule has 0 aromatic rings. The molecule has 0 amide bonds. The van der Waals surface area contributed by atoms with Crippen molar-refractivity contribution >= 4 is 12.6 Å². The number of hydrogen-bond donors (Lipinski definition) is 0. The Hall–Kier alpha value is 0.310. The zero-order valence-corrected chi connectivity index (χ0v) is 7.18. The fourth-order valence-corrected chi connectivity index (χ4v) is 2.36. The van der Waals surface area contributed by atoms with Crippen molar-refractivity contribution in [3.05, 3.63) is 0 Å². The average molecular weight is 159 g/mol. The van der Waals surface area contributed by atoms with Gasteiger partial charge in [-0.1, -0.05) is 0 Å². The van der Waals surface area contributed by atoms with Gasteiger partial charge in [0.05, 0.1) is 12.2 Å². The van der Waals surface area contributed by atoms with E-state index in [0.29, 0.717) is 12.2 Å². The van der Waals surface area contributed by atoms with Gasteiger partial charge in [-0.25, -0.2) is 0 Å². The van der Waals surface area contributed by atoms with Crippen molar-refractivity contribution in [3.8, 4) is 0 Å². The van der Waals surface area contributed by atoms with E-state index in [2.05, 4.69) is 12.6 Å². The highest BCUT2D eigenvalue weighted by Crippen LogP contribution is 2.40. The number of hydrogen-bond acceptors (Lipinski definition) is 1. The highest BCUT2D eigenvalue weighted by atomic mass is 32.1. The van der Waals surface area contributed by atoms with Gasteiger partial charge in [0.2, 0.25) is 0 Å². The van der Waals surface area contributed by atoms with Gasteiger partial charge < -0.3 is 4.74 Å². The van der Waals surface area contributed by atoms with Crippen LogP contribution in [0.4, 0.5) is 0 Å². The van der Waals surface area contributed by atoms with Gasteiger partial charge in [-0.2, -0.15) is 0 Å². The molecule has 0 bridgehead atoms. The Morgan fingerprint density at radius 3 is 2.90 bits per heavy atom. The Morgan fingerprint density at radius 2 is 2.20 bits per heavy atom. The predicted molar refractivity (Wildman–Crippen MR) is 45.6 cm³/mol. The zero-order chi connectivity index (χ0) is 6.97. The summed E-state index contributed by atoms with van der Waals surface area (Å²) in [6.45, 7) is 0. The van der Waals surface area contributed by atoms with E-state index < -0.39 is 0 Å². The fourth-order valence-electron chi connectivity index (χ4n) is 1.95. The van der Waals surface area contributed by atoms with E-state index >= 15 is 0 Å². The van der Waals surface area contributed by atoms with E-state index in [0.717, 1.165) is 11.7 Å². The molecule has 2 fully saturated rings. The third kappa shape index (κ3) is 1.32. The molecule has 1 saturated heterocycles. The molecular weight excluding hydrogens is 144 g/mol. The van der Waals surface area contributed by atoms with Crippen LogP contribution >= 0.6 is 0 Å². The number of ether oxygens (including phenoxy) is 1. The van der Waals surface area contributed by atoms with Gasteiger partial charge in [0.15, 0.2) is 0 Å². The summed E-state index contributed by atoms with van der Waals surface area (Å²) in [7, 11) is 0. The molecule has 2 heteroatoms. The Bertz CT molecular complexity index is 126. The highest BCUT2D eigenvalue weighted by molar-refractivity contribution is 7.58. The van der Waals surface area contributed by atoms with Crippen LogP contribution in [0.5, 0.6) is 0 Å². The fraction of sp³-hybridized carbons (Fsp3) is 1.00. The molecule has 3 unspecified atom stereocenters. The van der Waals surface area contributed by atoms with Gasteiger partial charge in [0, 0.05) is 0 Å². The second-order valence-corrected chi connectivity index (χ2v) is 3.93. The molecule has 1 heterocycles. The van der Waals surface area contributed by atoms with E-state index in [1.165, 1.54) is 25.7 Å². The molecule has 2 rings (SSSR count). The van der Waals surface area contributed by atoms with Gasteiger partial charge >= 0.3 is 0 Å². The highest BCUT2D eigenvalue weighted by Gasteiger charge is 2.43. The number of fused-ring (bicyclic) bond motifs is 1. The number of epoxide rings is 1. The van der Waals surface area contributed by atoms with E-state index in [9.17, 15) is 0 Å². The van der Waals surface area contributed by atoms with Crippen molar-refractivity contribution in [2.24, 2.45) is 5.92 Å². The summed E-state index contributed by atoms with van der Waals surface area (Å²) in [6.07, 6.45) is 6.72. The van der Waals surface area contributed by atoms with Crippen LogP contribution < -0.4 is 0 Å². The second kappa shape index (κ2) is 2.74. The Morgan fingerprint density at radius 1 is 1.30 bits per heavy atom. The van der Waals surface area contributed by atoms with E-state index in [-0.39, 0.29) is 0 Å². The summed E-state index contributed by atoms with van der Waals surface area (Å²) in [4.78, 5) is 0. The summed E-state index contributed by atoms with van der Waals surface area (Å²) >= 11 is 3.52. The average Bonchev–Trinajstić information content (AvgIpc) is 2.66. The lowest BCUT2D eigenvalue weighted by atomic mass is 9.88. The molecule has 2 aliphatic rings. The monoisotopic (exact) mass is 159 g/mol. The molecular formula is C8H15OS+. The molecule has 3 atom stereocenters. The molecule has 1 aliphatic heterocycles. The largest absolute Gasteiger partial charge is 0.370 e. The van der Waals surface area contributed by atoms with Crippen molar-refractivity contribution in [3.63, 3.8) is 0 Å². The summed E-state index contributed by atoms with van der Waals surface area (Å²) in [5.41, 5.74) is 0. The number of rotatable bonds is 2. The molecule has 0 aromatic carbocycles. The maximum absolute atomic E-state index is 5.44. The standard InChI is InChI=1S/C8H14OS/c10-4-3-6-1-2-7-8(5-6)9-7/h6-8,10H,1-5H2/p+1. The van der Waals surface area contributed by atoms with Gasteiger partial charge in [0.1, 0.15) is 5.75 Å². The van der Waals surface area contributed by atoms with Gasteiger partial charge in [-0.15, -0.1) is 0 Å². The summed E-state index contributed by atoms with van der Waals surface area (Å²) in [6, 6.07) is 0. The minimum atomic E-state index is 0.664. The second-order valence-electron chi connectivity index (χ2n) is 3.43. The first-order valence-electron chi connectivity index (χ1n) is 4.20.